The van der Waals surface area contributed by atoms with Gasteiger partial charge in [-0.2, -0.15) is 0 Å². The molecule has 1 aliphatic rings. The van der Waals surface area contributed by atoms with Crippen LogP contribution in [-0.2, 0) is 0 Å². The fourth-order valence-electron chi connectivity index (χ4n) is 2.72. The molecule has 0 aromatic heterocycles. The lowest BCUT2D eigenvalue weighted by atomic mass is 10.1. The van der Waals surface area contributed by atoms with E-state index in [9.17, 15) is 4.79 Å². The molecule has 0 aliphatic carbocycles. The van der Waals surface area contributed by atoms with E-state index in [0.29, 0.717) is 23.2 Å². The Labute approximate surface area is 121 Å². The lowest BCUT2D eigenvalue weighted by Gasteiger charge is -2.20. The monoisotopic (exact) mass is 275 g/mol. The molecule has 1 aromatic carbocycles. The van der Waals surface area contributed by atoms with Crippen LogP contribution >= 0.6 is 0 Å². The fraction of sp³-hybridized carbons (Fsp3) is 0.562. The third kappa shape index (κ3) is 3.51. The number of anilines is 1. The Morgan fingerprint density at radius 2 is 2.25 bits per heavy atom. The van der Waals surface area contributed by atoms with Gasteiger partial charge in [0.1, 0.15) is 0 Å². The van der Waals surface area contributed by atoms with Gasteiger partial charge in [-0.05, 0) is 57.4 Å². The molecule has 4 nitrogen and oxygen atoms in total. The molecule has 0 radical (unpaired) electrons. The molecule has 2 rings (SSSR count). The van der Waals surface area contributed by atoms with Crippen LogP contribution in [0.1, 0.15) is 36.2 Å². The van der Waals surface area contributed by atoms with Crippen molar-refractivity contribution in [2.24, 2.45) is 5.92 Å². The van der Waals surface area contributed by atoms with E-state index in [-0.39, 0.29) is 5.91 Å². The Bertz CT molecular complexity index is 485. The number of hydrogen-bond acceptors (Lipinski definition) is 3. The number of carbonyl (C=O) groups excluding carboxylic acids is 1. The molecule has 1 fully saturated rings. The molecule has 0 saturated carbocycles. The highest BCUT2D eigenvalue weighted by Crippen LogP contribution is 2.18. The normalized spacial score (nSPS) is 19.5. The quantitative estimate of drug-likeness (QED) is 0.827. The van der Waals surface area contributed by atoms with Crippen molar-refractivity contribution in [1.82, 2.24) is 10.2 Å². The second kappa shape index (κ2) is 6.27. The predicted molar refractivity (Wildman–Crippen MR) is 82.7 cm³/mol. The summed E-state index contributed by atoms with van der Waals surface area (Å²) in [6.45, 7) is 9.33. The third-order valence-corrected chi connectivity index (χ3v) is 4.05. The number of nitrogen functional groups attached to an aromatic ring is 1. The summed E-state index contributed by atoms with van der Waals surface area (Å²) in [4.78, 5) is 14.6. The Kier molecular flexibility index (Phi) is 4.65. The Hall–Kier alpha value is -1.55. The van der Waals surface area contributed by atoms with Gasteiger partial charge in [0.25, 0.3) is 5.91 Å². The average Bonchev–Trinajstić information content (AvgIpc) is 2.85. The SMILES string of the molecule is Cc1ccc(C(=O)NCC2CCN(C(C)C)C2)c(N)c1. The second-order valence-corrected chi connectivity index (χ2v) is 6.04. The predicted octanol–water partition coefficient (Wildman–Crippen LogP) is 2.04. The molecule has 4 heteroatoms. The van der Waals surface area contributed by atoms with E-state index in [0.717, 1.165) is 31.6 Å². The van der Waals surface area contributed by atoms with Crippen molar-refractivity contribution < 1.29 is 4.79 Å². The van der Waals surface area contributed by atoms with E-state index in [2.05, 4.69) is 24.1 Å². The van der Waals surface area contributed by atoms with Gasteiger partial charge in [0.2, 0.25) is 0 Å². The molecular formula is C16H25N3O. The molecule has 0 spiro atoms. The maximum Gasteiger partial charge on any atom is 0.253 e. The first kappa shape index (κ1) is 14.9. The maximum absolute atomic E-state index is 12.1. The summed E-state index contributed by atoms with van der Waals surface area (Å²) in [6.07, 6.45) is 1.15. The summed E-state index contributed by atoms with van der Waals surface area (Å²) in [5.74, 6) is 0.485. The van der Waals surface area contributed by atoms with Crippen molar-refractivity contribution in [3.05, 3.63) is 29.3 Å². The van der Waals surface area contributed by atoms with Crippen LogP contribution in [0, 0.1) is 12.8 Å². The molecule has 1 aromatic rings. The zero-order valence-electron chi connectivity index (χ0n) is 12.6. The number of rotatable bonds is 4. The molecule has 1 atom stereocenters. The first-order valence-corrected chi connectivity index (χ1v) is 7.35. The van der Waals surface area contributed by atoms with Crippen molar-refractivity contribution in [3.63, 3.8) is 0 Å². The van der Waals surface area contributed by atoms with Crippen LogP contribution in [0.2, 0.25) is 0 Å². The van der Waals surface area contributed by atoms with Gasteiger partial charge in [0, 0.05) is 24.8 Å². The topological polar surface area (TPSA) is 58.4 Å². The first-order valence-electron chi connectivity index (χ1n) is 7.35. The van der Waals surface area contributed by atoms with Crippen LogP contribution in [0.3, 0.4) is 0 Å². The number of aryl methyl sites for hydroxylation is 1. The summed E-state index contributed by atoms with van der Waals surface area (Å²) in [7, 11) is 0. The van der Waals surface area contributed by atoms with E-state index in [4.69, 9.17) is 5.73 Å². The highest BCUT2D eigenvalue weighted by molar-refractivity contribution is 5.99. The number of nitrogens with two attached hydrogens (primary N) is 1. The number of nitrogens with zero attached hydrogens (tertiary/aromatic N) is 1. The molecule has 1 unspecified atom stereocenters. The minimum Gasteiger partial charge on any atom is -0.398 e. The molecule has 110 valence electrons. The summed E-state index contributed by atoms with van der Waals surface area (Å²) < 4.78 is 0. The van der Waals surface area contributed by atoms with Crippen molar-refractivity contribution in [2.75, 3.05) is 25.4 Å². The van der Waals surface area contributed by atoms with Crippen LogP contribution < -0.4 is 11.1 Å². The summed E-state index contributed by atoms with van der Waals surface area (Å²) >= 11 is 0. The maximum atomic E-state index is 12.1. The van der Waals surface area contributed by atoms with E-state index in [1.165, 1.54) is 0 Å². The summed E-state index contributed by atoms with van der Waals surface area (Å²) in [5, 5.41) is 3.02. The zero-order valence-corrected chi connectivity index (χ0v) is 12.6. The van der Waals surface area contributed by atoms with Gasteiger partial charge in [0.05, 0.1) is 5.56 Å². The van der Waals surface area contributed by atoms with Gasteiger partial charge < -0.3 is 16.0 Å². The smallest absolute Gasteiger partial charge is 0.253 e. The van der Waals surface area contributed by atoms with Gasteiger partial charge in [0.15, 0.2) is 0 Å². The molecule has 1 heterocycles. The van der Waals surface area contributed by atoms with Crippen LogP contribution in [-0.4, -0.2) is 36.5 Å². The largest absolute Gasteiger partial charge is 0.398 e. The Morgan fingerprint density at radius 1 is 1.50 bits per heavy atom. The average molecular weight is 275 g/mol. The number of carbonyl (C=O) groups is 1. The van der Waals surface area contributed by atoms with E-state index in [1.54, 1.807) is 6.07 Å². The molecule has 3 N–H and O–H groups in total. The van der Waals surface area contributed by atoms with E-state index < -0.39 is 0 Å². The van der Waals surface area contributed by atoms with Crippen molar-refractivity contribution in [3.8, 4) is 0 Å². The Balaban J connectivity index is 1.87. The van der Waals surface area contributed by atoms with Crippen LogP contribution in [0.25, 0.3) is 0 Å². The third-order valence-electron chi connectivity index (χ3n) is 4.05. The minimum atomic E-state index is -0.0644. The van der Waals surface area contributed by atoms with Gasteiger partial charge >= 0.3 is 0 Å². The van der Waals surface area contributed by atoms with Crippen molar-refractivity contribution >= 4 is 11.6 Å². The first-order chi connectivity index (χ1) is 9.47. The fourth-order valence-corrected chi connectivity index (χ4v) is 2.72. The summed E-state index contributed by atoms with van der Waals surface area (Å²) in [5.41, 5.74) is 8.10. The highest BCUT2D eigenvalue weighted by atomic mass is 16.1. The van der Waals surface area contributed by atoms with E-state index >= 15 is 0 Å². The summed E-state index contributed by atoms with van der Waals surface area (Å²) in [6, 6.07) is 6.14. The molecule has 20 heavy (non-hydrogen) atoms. The van der Waals surface area contributed by atoms with Gasteiger partial charge in [-0.1, -0.05) is 6.07 Å². The molecule has 1 amide bonds. The van der Waals surface area contributed by atoms with Gasteiger partial charge in [-0.3, -0.25) is 4.79 Å². The van der Waals surface area contributed by atoms with Crippen LogP contribution in [0.4, 0.5) is 5.69 Å². The lowest BCUT2D eigenvalue weighted by molar-refractivity contribution is 0.0948. The molecular weight excluding hydrogens is 250 g/mol. The standard InChI is InChI=1S/C16H25N3O/c1-11(2)19-7-6-13(10-19)9-18-16(20)14-5-4-12(3)8-15(14)17/h4-5,8,11,13H,6-7,9-10,17H2,1-3H3,(H,18,20). The number of amides is 1. The van der Waals surface area contributed by atoms with Crippen LogP contribution in [0.15, 0.2) is 18.2 Å². The number of benzene rings is 1. The Morgan fingerprint density at radius 3 is 2.85 bits per heavy atom. The van der Waals surface area contributed by atoms with E-state index in [1.807, 2.05) is 19.1 Å². The van der Waals surface area contributed by atoms with Crippen molar-refractivity contribution in [1.29, 1.82) is 0 Å². The second-order valence-electron chi connectivity index (χ2n) is 6.04. The minimum absolute atomic E-state index is 0.0644. The highest BCUT2D eigenvalue weighted by Gasteiger charge is 2.24. The number of likely N-dealkylation sites (tertiary alicyclic amines) is 1. The molecule has 1 saturated heterocycles. The van der Waals surface area contributed by atoms with Crippen LogP contribution in [0.5, 0.6) is 0 Å². The molecule has 1 aliphatic heterocycles. The van der Waals surface area contributed by atoms with Gasteiger partial charge in [-0.15, -0.1) is 0 Å². The zero-order chi connectivity index (χ0) is 14.7. The van der Waals surface area contributed by atoms with Gasteiger partial charge in [-0.25, -0.2) is 0 Å². The number of nitrogens with one attached hydrogen (secondary N) is 1. The molecule has 0 bridgehead atoms. The van der Waals surface area contributed by atoms with Crippen molar-refractivity contribution in [2.45, 2.75) is 33.2 Å². The number of hydrogen-bond donors (Lipinski definition) is 2. The lowest BCUT2D eigenvalue weighted by Crippen LogP contribution is -2.33.